The normalized spacial score (nSPS) is 15.2. The highest BCUT2D eigenvalue weighted by atomic mass is 16.4. The van der Waals surface area contributed by atoms with Crippen molar-refractivity contribution in [2.24, 2.45) is 5.92 Å². The molecule has 1 saturated carbocycles. The first-order chi connectivity index (χ1) is 8.66. The fraction of sp³-hybridized carbons (Fsp3) is 0.429. The van der Waals surface area contributed by atoms with Crippen molar-refractivity contribution in [3.8, 4) is 0 Å². The second kappa shape index (κ2) is 4.12. The molecule has 1 fully saturated rings. The summed E-state index contributed by atoms with van der Waals surface area (Å²) in [6.07, 6.45) is 3.76. The molecule has 94 valence electrons. The monoisotopic (exact) mass is 244 g/mol. The number of carboxylic acids is 1. The Hall–Kier alpha value is -1.84. The van der Waals surface area contributed by atoms with Crippen LogP contribution in [0.3, 0.4) is 0 Å². The molecule has 1 N–H and O–H groups in total. The zero-order valence-corrected chi connectivity index (χ0v) is 10.4. The zero-order chi connectivity index (χ0) is 12.7. The number of aromatic carboxylic acids is 1. The highest BCUT2D eigenvalue weighted by Gasteiger charge is 2.22. The van der Waals surface area contributed by atoms with Crippen LogP contribution in [0.2, 0.25) is 0 Å². The number of fused-ring (bicyclic) bond motifs is 1. The van der Waals surface area contributed by atoms with Gasteiger partial charge in [-0.15, -0.1) is 0 Å². The fourth-order valence-electron chi connectivity index (χ4n) is 2.47. The van der Waals surface area contributed by atoms with Gasteiger partial charge in [0.25, 0.3) is 0 Å². The molecule has 0 amide bonds. The average molecular weight is 244 g/mol. The summed E-state index contributed by atoms with van der Waals surface area (Å²) in [4.78, 5) is 15.7. The summed E-state index contributed by atoms with van der Waals surface area (Å²) in [7, 11) is 0. The maximum absolute atomic E-state index is 11.3. The molecule has 3 rings (SSSR count). The van der Waals surface area contributed by atoms with Crippen molar-refractivity contribution in [3.05, 3.63) is 29.6 Å². The quantitative estimate of drug-likeness (QED) is 0.899. The molecule has 18 heavy (non-hydrogen) atoms. The lowest BCUT2D eigenvalue weighted by molar-refractivity contribution is 0.0698. The van der Waals surface area contributed by atoms with E-state index in [1.54, 1.807) is 12.1 Å². The molecule has 4 nitrogen and oxygen atoms in total. The number of rotatable bonds is 4. The molecule has 0 radical (unpaired) electrons. The van der Waals surface area contributed by atoms with Gasteiger partial charge in [-0.2, -0.15) is 0 Å². The SMILES string of the molecule is Cc1nc2cccc(C(=O)O)c2n1CCC1CC1. The van der Waals surface area contributed by atoms with Crippen LogP contribution >= 0.6 is 0 Å². The molecule has 1 heterocycles. The lowest BCUT2D eigenvalue weighted by Crippen LogP contribution is -2.05. The third kappa shape index (κ3) is 1.88. The second-order valence-corrected chi connectivity index (χ2v) is 5.02. The number of benzene rings is 1. The molecule has 0 unspecified atom stereocenters. The smallest absolute Gasteiger partial charge is 0.337 e. The van der Waals surface area contributed by atoms with Gasteiger partial charge in [0, 0.05) is 6.54 Å². The van der Waals surface area contributed by atoms with Gasteiger partial charge in [-0.25, -0.2) is 9.78 Å². The third-order valence-corrected chi connectivity index (χ3v) is 3.65. The van der Waals surface area contributed by atoms with Crippen molar-refractivity contribution in [2.75, 3.05) is 0 Å². The van der Waals surface area contributed by atoms with Crippen molar-refractivity contribution < 1.29 is 9.90 Å². The van der Waals surface area contributed by atoms with E-state index in [-0.39, 0.29) is 0 Å². The molecule has 2 aromatic rings. The molecule has 0 spiro atoms. The highest BCUT2D eigenvalue weighted by molar-refractivity contribution is 6.01. The van der Waals surface area contributed by atoms with Crippen LogP contribution in [0.15, 0.2) is 18.2 Å². The minimum atomic E-state index is -0.881. The minimum Gasteiger partial charge on any atom is -0.478 e. The van der Waals surface area contributed by atoms with Crippen molar-refractivity contribution in [1.29, 1.82) is 0 Å². The minimum absolute atomic E-state index is 0.351. The van der Waals surface area contributed by atoms with Crippen LogP contribution in [0.5, 0.6) is 0 Å². The molecule has 4 heteroatoms. The number of aryl methyl sites for hydroxylation is 2. The molecule has 1 aliphatic rings. The number of para-hydroxylation sites is 1. The van der Waals surface area contributed by atoms with Gasteiger partial charge in [-0.05, 0) is 31.4 Å². The Balaban J connectivity index is 2.09. The van der Waals surface area contributed by atoms with Crippen LogP contribution in [-0.2, 0) is 6.54 Å². The Kier molecular flexibility index (Phi) is 2.58. The van der Waals surface area contributed by atoms with Gasteiger partial charge in [0.05, 0.1) is 16.6 Å². The summed E-state index contributed by atoms with van der Waals surface area (Å²) >= 11 is 0. The van der Waals surface area contributed by atoms with E-state index in [1.165, 1.54) is 12.8 Å². The number of hydrogen-bond donors (Lipinski definition) is 1. The molecular weight excluding hydrogens is 228 g/mol. The third-order valence-electron chi connectivity index (χ3n) is 3.65. The van der Waals surface area contributed by atoms with E-state index in [0.29, 0.717) is 5.56 Å². The molecule has 0 aliphatic heterocycles. The molecule has 1 aliphatic carbocycles. The van der Waals surface area contributed by atoms with Crippen LogP contribution in [0.1, 0.15) is 35.4 Å². The Morgan fingerprint density at radius 1 is 1.50 bits per heavy atom. The van der Waals surface area contributed by atoms with E-state index in [9.17, 15) is 9.90 Å². The molecule has 1 aromatic heterocycles. The number of imidazole rings is 1. The van der Waals surface area contributed by atoms with Crippen LogP contribution in [0, 0.1) is 12.8 Å². The van der Waals surface area contributed by atoms with Gasteiger partial charge in [-0.1, -0.05) is 18.9 Å². The second-order valence-electron chi connectivity index (χ2n) is 5.02. The first kappa shape index (κ1) is 11.3. The van der Waals surface area contributed by atoms with Crippen molar-refractivity contribution >= 4 is 17.0 Å². The van der Waals surface area contributed by atoms with E-state index in [4.69, 9.17) is 0 Å². The van der Waals surface area contributed by atoms with E-state index in [0.717, 1.165) is 35.7 Å². The highest BCUT2D eigenvalue weighted by Crippen LogP contribution is 2.33. The summed E-state index contributed by atoms with van der Waals surface area (Å²) < 4.78 is 2.05. The zero-order valence-electron chi connectivity index (χ0n) is 10.4. The van der Waals surface area contributed by atoms with Crippen molar-refractivity contribution in [1.82, 2.24) is 9.55 Å². The standard InChI is InChI=1S/C14H16N2O2/c1-9-15-12-4-2-3-11(14(17)18)13(12)16(9)8-7-10-5-6-10/h2-4,10H,5-8H2,1H3,(H,17,18). The first-order valence-corrected chi connectivity index (χ1v) is 6.36. The van der Waals surface area contributed by atoms with Crippen molar-refractivity contribution in [2.45, 2.75) is 32.7 Å². The largest absolute Gasteiger partial charge is 0.478 e. The predicted octanol–water partition coefficient (Wildman–Crippen LogP) is 2.84. The summed E-state index contributed by atoms with van der Waals surface area (Å²) in [5, 5.41) is 9.27. The maximum atomic E-state index is 11.3. The van der Waals surface area contributed by atoms with Gasteiger partial charge < -0.3 is 9.67 Å². The number of carbonyl (C=O) groups is 1. The predicted molar refractivity (Wildman–Crippen MR) is 68.8 cm³/mol. The summed E-state index contributed by atoms with van der Waals surface area (Å²) in [5.74, 6) is 0.853. The average Bonchev–Trinajstić information content (AvgIpc) is 3.09. The summed E-state index contributed by atoms with van der Waals surface area (Å²) in [6, 6.07) is 5.28. The van der Waals surface area contributed by atoms with Crippen LogP contribution in [-0.4, -0.2) is 20.6 Å². The Morgan fingerprint density at radius 3 is 2.94 bits per heavy atom. The summed E-state index contributed by atoms with van der Waals surface area (Å²) in [5.41, 5.74) is 1.90. The molecule has 0 saturated heterocycles. The van der Waals surface area contributed by atoms with Crippen LogP contribution < -0.4 is 0 Å². The van der Waals surface area contributed by atoms with Crippen molar-refractivity contribution in [3.63, 3.8) is 0 Å². The first-order valence-electron chi connectivity index (χ1n) is 6.36. The number of carboxylic acid groups (broad SMARTS) is 1. The number of aromatic nitrogens is 2. The lowest BCUT2D eigenvalue weighted by Gasteiger charge is -2.07. The lowest BCUT2D eigenvalue weighted by atomic mass is 10.2. The van der Waals surface area contributed by atoms with Crippen LogP contribution in [0.25, 0.3) is 11.0 Å². The maximum Gasteiger partial charge on any atom is 0.337 e. The Bertz CT molecular complexity index is 612. The van der Waals surface area contributed by atoms with Gasteiger partial charge >= 0.3 is 5.97 Å². The molecule has 0 atom stereocenters. The molecular formula is C14H16N2O2. The van der Waals surface area contributed by atoms with E-state index in [2.05, 4.69) is 9.55 Å². The van der Waals surface area contributed by atoms with Crippen LogP contribution in [0.4, 0.5) is 0 Å². The number of hydrogen-bond acceptors (Lipinski definition) is 2. The van der Waals surface area contributed by atoms with Gasteiger partial charge in [0.1, 0.15) is 5.82 Å². The Labute approximate surface area is 105 Å². The topological polar surface area (TPSA) is 55.1 Å². The van der Waals surface area contributed by atoms with Gasteiger partial charge in [-0.3, -0.25) is 0 Å². The molecule has 1 aromatic carbocycles. The Morgan fingerprint density at radius 2 is 2.28 bits per heavy atom. The molecule has 0 bridgehead atoms. The van der Waals surface area contributed by atoms with Gasteiger partial charge in [0.15, 0.2) is 0 Å². The fourth-order valence-corrected chi connectivity index (χ4v) is 2.47. The van der Waals surface area contributed by atoms with E-state index >= 15 is 0 Å². The summed E-state index contributed by atoms with van der Waals surface area (Å²) in [6.45, 7) is 2.82. The van der Waals surface area contributed by atoms with E-state index in [1.807, 2.05) is 13.0 Å². The van der Waals surface area contributed by atoms with Gasteiger partial charge in [0.2, 0.25) is 0 Å². The van der Waals surface area contributed by atoms with E-state index < -0.39 is 5.97 Å². The number of nitrogens with zero attached hydrogens (tertiary/aromatic N) is 2.